The maximum atomic E-state index is 12.4. The summed E-state index contributed by atoms with van der Waals surface area (Å²) in [5, 5.41) is 10.2. The van der Waals surface area contributed by atoms with Crippen LogP contribution in [-0.4, -0.2) is 45.0 Å². The van der Waals surface area contributed by atoms with Gasteiger partial charge in [-0.3, -0.25) is 9.48 Å². The number of hydrogen-bond donors (Lipinski definition) is 3. The number of benzene rings is 2. The lowest BCUT2D eigenvalue weighted by Gasteiger charge is -2.24. The Morgan fingerprint density at radius 2 is 1.94 bits per heavy atom. The smallest absolute Gasteiger partial charge is 0.276 e. The van der Waals surface area contributed by atoms with Gasteiger partial charge < -0.3 is 25.8 Å². The number of nitrogen functional groups attached to an aromatic ring is 1. The van der Waals surface area contributed by atoms with Crippen LogP contribution >= 0.6 is 0 Å². The average molecular weight is 486 g/mol. The first-order valence-corrected chi connectivity index (χ1v) is 11.7. The zero-order valence-corrected chi connectivity index (χ0v) is 19.8. The largest absolute Gasteiger partial charge is 0.488 e. The average Bonchev–Trinajstić information content (AvgIpc) is 3.33. The van der Waals surface area contributed by atoms with Crippen molar-refractivity contribution in [1.82, 2.24) is 19.7 Å². The Labute approximate surface area is 208 Å². The fraction of sp³-hybridized carbons (Fsp3) is 0.231. The van der Waals surface area contributed by atoms with Gasteiger partial charge in [0.2, 0.25) is 5.95 Å². The molecule has 10 nitrogen and oxygen atoms in total. The van der Waals surface area contributed by atoms with Gasteiger partial charge in [0.1, 0.15) is 11.9 Å². The molecule has 4 aromatic rings. The molecule has 0 aliphatic carbocycles. The second-order valence-corrected chi connectivity index (χ2v) is 8.48. The van der Waals surface area contributed by atoms with E-state index < -0.39 is 0 Å². The fourth-order valence-corrected chi connectivity index (χ4v) is 3.90. The molecular weight excluding hydrogens is 458 g/mol. The van der Waals surface area contributed by atoms with Gasteiger partial charge >= 0.3 is 0 Å². The lowest BCUT2D eigenvalue weighted by atomic mass is 10.1. The van der Waals surface area contributed by atoms with Crippen LogP contribution in [0.2, 0.25) is 0 Å². The van der Waals surface area contributed by atoms with Gasteiger partial charge in [-0.25, -0.2) is 9.97 Å². The van der Waals surface area contributed by atoms with Gasteiger partial charge in [0, 0.05) is 49.2 Å². The third-order valence-corrected chi connectivity index (χ3v) is 5.75. The van der Waals surface area contributed by atoms with E-state index in [2.05, 4.69) is 25.7 Å². The van der Waals surface area contributed by atoms with Crippen molar-refractivity contribution >= 4 is 28.9 Å². The number of aryl methyl sites for hydroxylation is 1. The molecule has 0 radical (unpaired) electrons. The highest BCUT2D eigenvalue weighted by Gasteiger charge is 2.17. The van der Waals surface area contributed by atoms with Gasteiger partial charge in [-0.15, -0.1) is 0 Å². The van der Waals surface area contributed by atoms with Crippen LogP contribution in [0.5, 0.6) is 5.75 Å². The number of rotatable bonds is 7. The van der Waals surface area contributed by atoms with Crippen LogP contribution in [-0.2, 0) is 11.8 Å². The highest BCUT2D eigenvalue weighted by molar-refractivity contribution is 6.03. The second kappa shape index (κ2) is 10.4. The summed E-state index contributed by atoms with van der Waals surface area (Å²) in [6.45, 7) is 1.41. The monoisotopic (exact) mass is 485 g/mol. The Morgan fingerprint density at radius 1 is 1.11 bits per heavy atom. The number of amides is 1. The maximum Gasteiger partial charge on any atom is 0.276 e. The van der Waals surface area contributed by atoms with Crippen LogP contribution < -0.4 is 21.1 Å². The van der Waals surface area contributed by atoms with Gasteiger partial charge in [0.15, 0.2) is 5.69 Å². The van der Waals surface area contributed by atoms with E-state index in [9.17, 15) is 4.79 Å². The molecule has 0 bridgehead atoms. The van der Waals surface area contributed by atoms with Gasteiger partial charge in [0.05, 0.1) is 24.6 Å². The molecular formula is C26H27N7O3. The number of nitrogens with two attached hydrogens (primary N) is 1. The molecule has 0 saturated carbocycles. The van der Waals surface area contributed by atoms with Gasteiger partial charge in [-0.1, -0.05) is 6.07 Å². The lowest BCUT2D eigenvalue weighted by molar-refractivity contribution is 0.0259. The maximum absolute atomic E-state index is 12.4. The molecule has 10 heteroatoms. The molecule has 0 atom stereocenters. The van der Waals surface area contributed by atoms with Crippen LogP contribution in [0.1, 0.15) is 23.3 Å². The number of nitrogens with one attached hydrogen (secondary N) is 2. The number of anilines is 4. The first-order valence-electron chi connectivity index (χ1n) is 11.7. The molecule has 1 aliphatic heterocycles. The Morgan fingerprint density at radius 3 is 2.72 bits per heavy atom. The number of carbonyl (C=O) groups excluding carboxylic acids is 1. The Balaban J connectivity index is 1.27. The van der Waals surface area contributed by atoms with Crippen molar-refractivity contribution in [1.29, 1.82) is 0 Å². The molecule has 36 heavy (non-hydrogen) atoms. The van der Waals surface area contributed by atoms with E-state index in [0.29, 0.717) is 42.0 Å². The van der Waals surface area contributed by atoms with Gasteiger partial charge in [-0.05, 0) is 48.5 Å². The van der Waals surface area contributed by atoms with Crippen LogP contribution in [0, 0.1) is 0 Å². The molecule has 1 aliphatic rings. The zero-order valence-electron chi connectivity index (χ0n) is 19.8. The van der Waals surface area contributed by atoms with E-state index in [1.165, 1.54) is 0 Å². The van der Waals surface area contributed by atoms with E-state index in [-0.39, 0.29) is 12.0 Å². The minimum Gasteiger partial charge on any atom is -0.488 e. The van der Waals surface area contributed by atoms with Crippen LogP contribution in [0.3, 0.4) is 0 Å². The molecule has 0 spiro atoms. The molecule has 184 valence electrons. The normalized spacial score (nSPS) is 13.8. The number of nitrogens with zero attached hydrogens (tertiary/aromatic N) is 4. The first kappa shape index (κ1) is 23.3. The molecule has 1 fully saturated rings. The van der Waals surface area contributed by atoms with E-state index >= 15 is 0 Å². The standard InChI is InChI=1S/C26H27N7O3/c1-33-12-8-23(32-33)25(34)29-18-3-2-4-19(16-18)30-26-28-11-7-22(31-26)17-5-6-24(21(27)15-17)36-20-9-13-35-14-10-20/h2-8,11-12,15-16,20H,9-10,13-14,27H2,1H3,(H,29,34)(H,28,30,31). The molecule has 0 unspecified atom stereocenters. The number of ether oxygens (including phenoxy) is 2. The number of carbonyl (C=O) groups is 1. The quantitative estimate of drug-likeness (QED) is 0.335. The predicted octanol–water partition coefficient (Wildman–Crippen LogP) is 4.01. The number of hydrogen-bond acceptors (Lipinski definition) is 8. The number of aromatic nitrogens is 4. The van der Waals surface area contributed by atoms with Crippen molar-refractivity contribution in [3.63, 3.8) is 0 Å². The Hall–Kier alpha value is -4.44. The summed E-state index contributed by atoms with van der Waals surface area (Å²) in [6, 6.07) is 16.5. The Kier molecular flexibility index (Phi) is 6.76. The van der Waals surface area contributed by atoms with Crippen LogP contribution in [0.4, 0.5) is 23.0 Å². The van der Waals surface area contributed by atoms with E-state index in [0.717, 1.165) is 29.8 Å². The zero-order chi connectivity index (χ0) is 24.9. The van der Waals surface area contributed by atoms with Gasteiger partial charge in [0.25, 0.3) is 5.91 Å². The summed E-state index contributed by atoms with van der Waals surface area (Å²) in [5.74, 6) is 0.803. The van der Waals surface area contributed by atoms with Crippen molar-refractivity contribution in [3.8, 4) is 17.0 Å². The van der Waals surface area contributed by atoms with Crippen LogP contribution in [0.15, 0.2) is 67.0 Å². The first-order chi connectivity index (χ1) is 17.5. The third-order valence-electron chi connectivity index (χ3n) is 5.75. The highest BCUT2D eigenvalue weighted by atomic mass is 16.5. The minimum absolute atomic E-state index is 0.117. The molecule has 4 N–H and O–H groups in total. The molecule has 2 aromatic heterocycles. The van der Waals surface area contributed by atoms with Crippen molar-refractivity contribution in [2.24, 2.45) is 7.05 Å². The molecule has 1 amide bonds. The molecule has 2 aromatic carbocycles. The van der Waals surface area contributed by atoms with E-state index in [1.807, 2.05) is 36.4 Å². The van der Waals surface area contributed by atoms with Crippen LogP contribution in [0.25, 0.3) is 11.3 Å². The topological polar surface area (TPSA) is 129 Å². The third kappa shape index (κ3) is 5.61. The minimum atomic E-state index is -0.284. The van der Waals surface area contributed by atoms with Crippen molar-refractivity contribution in [3.05, 3.63) is 72.7 Å². The molecule has 3 heterocycles. The van der Waals surface area contributed by atoms with Crippen molar-refractivity contribution in [2.45, 2.75) is 18.9 Å². The van der Waals surface area contributed by atoms with Crippen molar-refractivity contribution < 1.29 is 14.3 Å². The van der Waals surface area contributed by atoms with Gasteiger partial charge in [-0.2, -0.15) is 5.10 Å². The summed E-state index contributed by atoms with van der Waals surface area (Å²) in [6.07, 6.45) is 5.23. The fourth-order valence-electron chi connectivity index (χ4n) is 3.90. The summed E-state index contributed by atoms with van der Waals surface area (Å²) >= 11 is 0. The summed E-state index contributed by atoms with van der Waals surface area (Å²) in [5.41, 5.74) is 10.1. The SMILES string of the molecule is Cn1ccc(C(=O)Nc2cccc(Nc3nccc(-c4ccc(OC5CCOCC5)c(N)c4)n3)c2)n1. The summed E-state index contributed by atoms with van der Waals surface area (Å²) < 4.78 is 13.0. The van der Waals surface area contributed by atoms with Crippen molar-refractivity contribution in [2.75, 3.05) is 29.6 Å². The van der Waals surface area contributed by atoms with E-state index in [1.54, 1.807) is 42.3 Å². The lowest BCUT2D eigenvalue weighted by Crippen LogP contribution is -2.26. The highest BCUT2D eigenvalue weighted by Crippen LogP contribution is 2.30. The summed E-state index contributed by atoms with van der Waals surface area (Å²) in [4.78, 5) is 21.4. The second-order valence-electron chi connectivity index (χ2n) is 8.48. The molecule has 5 rings (SSSR count). The van der Waals surface area contributed by atoms with E-state index in [4.69, 9.17) is 15.2 Å². The Bertz CT molecular complexity index is 1370. The summed E-state index contributed by atoms with van der Waals surface area (Å²) in [7, 11) is 1.76. The molecule has 1 saturated heterocycles. The predicted molar refractivity (Wildman–Crippen MR) is 137 cm³/mol.